The third kappa shape index (κ3) is 5.81. The summed E-state index contributed by atoms with van der Waals surface area (Å²) in [6.07, 6.45) is 1.72. The standard InChI is InChI=1S/C22H20Cl3N3O2S.ClH/c23-15-3-1-14(2-4-15)11-20-21(29)28(22(30)31-20)13-19(27-9-7-26-8-10-27)17-6-5-16(24)12-18(17)25;/h1-6,11-12,19,26H,7-10,13H2;1H/b20-11-;. The highest BCUT2D eigenvalue weighted by Gasteiger charge is 2.38. The molecule has 2 aliphatic rings. The van der Waals surface area contributed by atoms with Gasteiger partial charge in [0.1, 0.15) is 0 Å². The molecule has 2 aliphatic heterocycles. The zero-order valence-corrected chi connectivity index (χ0v) is 20.8. The first-order valence-electron chi connectivity index (χ1n) is 9.83. The number of halogens is 4. The second-order valence-electron chi connectivity index (χ2n) is 7.31. The van der Waals surface area contributed by atoms with E-state index in [1.807, 2.05) is 18.2 Å². The summed E-state index contributed by atoms with van der Waals surface area (Å²) in [6, 6.07) is 12.3. The number of nitrogens with zero attached hydrogens (tertiary/aromatic N) is 2. The molecule has 0 aromatic heterocycles. The number of carbonyl (C=O) groups is 2. The van der Waals surface area contributed by atoms with Crippen LogP contribution in [0.2, 0.25) is 15.1 Å². The van der Waals surface area contributed by atoms with Crippen molar-refractivity contribution in [2.45, 2.75) is 6.04 Å². The Balaban J connectivity index is 0.00000289. The maximum Gasteiger partial charge on any atom is 0.293 e. The summed E-state index contributed by atoms with van der Waals surface area (Å²) in [6.45, 7) is 3.48. The Hall–Kier alpha value is -1.25. The Labute approximate surface area is 212 Å². The Kier molecular flexibility index (Phi) is 8.92. The molecule has 170 valence electrons. The Bertz CT molecular complexity index is 1030. The Morgan fingerprint density at radius 2 is 1.66 bits per heavy atom. The first-order chi connectivity index (χ1) is 14.9. The van der Waals surface area contributed by atoms with Crippen LogP contribution >= 0.6 is 59.0 Å². The van der Waals surface area contributed by atoms with Gasteiger partial charge in [-0.15, -0.1) is 12.4 Å². The zero-order chi connectivity index (χ0) is 22.0. The first kappa shape index (κ1) is 25.4. The summed E-state index contributed by atoms with van der Waals surface area (Å²) < 4.78 is 0. The van der Waals surface area contributed by atoms with Crippen molar-refractivity contribution in [3.63, 3.8) is 0 Å². The van der Waals surface area contributed by atoms with Crippen molar-refractivity contribution in [1.82, 2.24) is 15.1 Å². The lowest BCUT2D eigenvalue weighted by Crippen LogP contribution is -2.48. The summed E-state index contributed by atoms with van der Waals surface area (Å²) in [5.74, 6) is -0.296. The van der Waals surface area contributed by atoms with Crippen LogP contribution in [-0.2, 0) is 4.79 Å². The average molecular weight is 533 g/mol. The van der Waals surface area contributed by atoms with Gasteiger partial charge in [0, 0.05) is 47.8 Å². The highest BCUT2D eigenvalue weighted by Crippen LogP contribution is 2.37. The molecular formula is C22H21Cl4N3O2S. The summed E-state index contributed by atoms with van der Waals surface area (Å²) in [5, 5.41) is 4.73. The third-order valence-corrected chi connectivity index (χ3v) is 7.03. The molecular weight excluding hydrogens is 512 g/mol. The number of imide groups is 1. The minimum absolute atomic E-state index is 0. The fourth-order valence-electron chi connectivity index (χ4n) is 3.72. The lowest BCUT2D eigenvalue weighted by Gasteiger charge is -2.37. The average Bonchev–Trinajstić information content (AvgIpc) is 3.02. The monoisotopic (exact) mass is 531 g/mol. The largest absolute Gasteiger partial charge is 0.314 e. The van der Waals surface area contributed by atoms with E-state index in [9.17, 15) is 9.59 Å². The summed E-state index contributed by atoms with van der Waals surface area (Å²) in [7, 11) is 0. The number of thioether (sulfide) groups is 1. The molecule has 1 atom stereocenters. The summed E-state index contributed by atoms with van der Waals surface area (Å²) in [4.78, 5) is 29.8. The molecule has 0 bridgehead atoms. The number of amides is 2. The molecule has 0 spiro atoms. The van der Waals surface area contributed by atoms with Crippen LogP contribution in [0, 0.1) is 0 Å². The van der Waals surface area contributed by atoms with E-state index >= 15 is 0 Å². The third-order valence-electron chi connectivity index (χ3n) is 5.31. The fraction of sp³-hybridized carbons (Fsp3) is 0.273. The first-order valence-corrected chi connectivity index (χ1v) is 11.8. The molecule has 2 saturated heterocycles. The molecule has 1 unspecified atom stereocenters. The Morgan fingerprint density at radius 3 is 2.31 bits per heavy atom. The van der Waals surface area contributed by atoms with E-state index in [4.69, 9.17) is 34.8 Å². The molecule has 5 nitrogen and oxygen atoms in total. The van der Waals surface area contributed by atoms with Gasteiger partial charge in [0.25, 0.3) is 11.1 Å². The van der Waals surface area contributed by atoms with Crippen LogP contribution in [-0.4, -0.2) is 53.7 Å². The van der Waals surface area contributed by atoms with Gasteiger partial charge in [-0.05, 0) is 53.2 Å². The van der Waals surface area contributed by atoms with Crippen LogP contribution in [0.4, 0.5) is 4.79 Å². The number of carbonyl (C=O) groups excluding carboxylic acids is 2. The molecule has 0 saturated carbocycles. The lowest BCUT2D eigenvalue weighted by atomic mass is 10.0. The quantitative estimate of drug-likeness (QED) is 0.497. The van der Waals surface area contributed by atoms with Gasteiger partial charge < -0.3 is 5.32 Å². The van der Waals surface area contributed by atoms with Crippen LogP contribution in [0.25, 0.3) is 6.08 Å². The van der Waals surface area contributed by atoms with E-state index in [0.29, 0.717) is 20.0 Å². The van der Waals surface area contributed by atoms with E-state index in [1.165, 1.54) is 4.90 Å². The van der Waals surface area contributed by atoms with Gasteiger partial charge in [-0.2, -0.15) is 0 Å². The molecule has 4 rings (SSSR count). The van der Waals surface area contributed by atoms with Crippen LogP contribution < -0.4 is 5.32 Å². The SMILES string of the molecule is Cl.O=C1S/C(=C\c2ccc(Cl)cc2)C(=O)N1CC(c1ccc(Cl)cc1Cl)N1CCNCC1. The number of hydrogen-bond donors (Lipinski definition) is 1. The van der Waals surface area contributed by atoms with Gasteiger partial charge in [0.15, 0.2) is 0 Å². The van der Waals surface area contributed by atoms with Crippen molar-refractivity contribution >= 4 is 76.2 Å². The van der Waals surface area contributed by atoms with Crippen LogP contribution in [0.15, 0.2) is 47.4 Å². The van der Waals surface area contributed by atoms with Gasteiger partial charge in [0.05, 0.1) is 10.9 Å². The normalized spacial score (nSPS) is 19.3. The number of benzene rings is 2. The lowest BCUT2D eigenvalue weighted by molar-refractivity contribution is -0.123. The highest BCUT2D eigenvalue weighted by atomic mass is 35.5. The molecule has 1 N–H and O–H groups in total. The van der Waals surface area contributed by atoms with Crippen molar-refractivity contribution in [2.24, 2.45) is 0 Å². The number of nitrogens with one attached hydrogen (secondary N) is 1. The van der Waals surface area contributed by atoms with Crippen LogP contribution in [0.5, 0.6) is 0 Å². The van der Waals surface area contributed by atoms with E-state index < -0.39 is 0 Å². The van der Waals surface area contributed by atoms with E-state index in [1.54, 1.807) is 30.3 Å². The van der Waals surface area contributed by atoms with E-state index in [-0.39, 0.29) is 36.1 Å². The minimum Gasteiger partial charge on any atom is -0.314 e. The van der Waals surface area contributed by atoms with Gasteiger partial charge in [-0.3, -0.25) is 19.4 Å². The molecule has 2 aromatic rings. The Morgan fingerprint density at radius 1 is 1.00 bits per heavy atom. The maximum absolute atomic E-state index is 13.1. The molecule has 2 heterocycles. The van der Waals surface area contributed by atoms with Gasteiger partial charge >= 0.3 is 0 Å². The second-order valence-corrected chi connectivity index (χ2v) is 9.58. The summed E-state index contributed by atoms with van der Waals surface area (Å²) >= 11 is 19.5. The van der Waals surface area contributed by atoms with Crippen molar-refractivity contribution in [1.29, 1.82) is 0 Å². The maximum atomic E-state index is 13.1. The van der Waals surface area contributed by atoms with Gasteiger partial charge in [-0.25, -0.2) is 0 Å². The highest BCUT2D eigenvalue weighted by molar-refractivity contribution is 8.18. The van der Waals surface area contributed by atoms with Crippen molar-refractivity contribution in [3.05, 3.63) is 73.6 Å². The fourth-order valence-corrected chi connectivity index (χ4v) is 5.23. The second kappa shape index (κ2) is 11.3. The smallest absolute Gasteiger partial charge is 0.293 e. The molecule has 10 heteroatoms. The molecule has 32 heavy (non-hydrogen) atoms. The minimum atomic E-state index is -0.296. The molecule has 0 radical (unpaired) electrons. The molecule has 2 aromatic carbocycles. The van der Waals surface area contributed by atoms with Gasteiger partial charge in [-0.1, -0.05) is 53.0 Å². The van der Waals surface area contributed by atoms with Crippen molar-refractivity contribution in [2.75, 3.05) is 32.7 Å². The predicted molar refractivity (Wildman–Crippen MR) is 135 cm³/mol. The van der Waals surface area contributed by atoms with E-state index in [0.717, 1.165) is 49.1 Å². The van der Waals surface area contributed by atoms with Crippen LogP contribution in [0.1, 0.15) is 17.2 Å². The van der Waals surface area contributed by atoms with Gasteiger partial charge in [0.2, 0.25) is 0 Å². The number of piperazine rings is 1. The van der Waals surface area contributed by atoms with E-state index in [2.05, 4.69) is 10.2 Å². The molecule has 0 aliphatic carbocycles. The predicted octanol–water partition coefficient (Wildman–Crippen LogP) is 5.75. The summed E-state index contributed by atoms with van der Waals surface area (Å²) in [5.41, 5.74) is 1.67. The van der Waals surface area contributed by atoms with Crippen molar-refractivity contribution in [3.8, 4) is 0 Å². The molecule has 2 fully saturated rings. The number of rotatable bonds is 5. The number of hydrogen-bond acceptors (Lipinski definition) is 5. The molecule has 2 amide bonds. The van der Waals surface area contributed by atoms with Crippen molar-refractivity contribution < 1.29 is 9.59 Å². The topological polar surface area (TPSA) is 52.7 Å². The van der Waals surface area contributed by atoms with Crippen LogP contribution in [0.3, 0.4) is 0 Å². The zero-order valence-electron chi connectivity index (χ0n) is 16.9.